The van der Waals surface area contributed by atoms with Crippen LogP contribution in [0.4, 0.5) is 4.39 Å². The largest absolute Gasteiger partial charge is 0.488 e. The molecule has 0 heterocycles. The maximum absolute atomic E-state index is 12.9. The summed E-state index contributed by atoms with van der Waals surface area (Å²) in [5.74, 6) is 0.296. The molecule has 0 N–H and O–H groups in total. The van der Waals surface area contributed by atoms with Gasteiger partial charge in [0, 0.05) is 13.2 Å². The van der Waals surface area contributed by atoms with E-state index in [4.69, 9.17) is 9.47 Å². The number of hydrogen-bond acceptors (Lipinski definition) is 2. The monoisotopic (exact) mass is 198 g/mol. The fourth-order valence-electron chi connectivity index (χ4n) is 1.19. The summed E-state index contributed by atoms with van der Waals surface area (Å²) in [6, 6.07) is 4.51. The summed E-state index contributed by atoms with van der Waals surface area (Å²) in [6.07, 6.45) is -0.0690. The molecule has 0 fully saturated rings. The molecule has 1 aromatic rings. The van der Waals surface area contributed by atoms with Crippen LogP contribution >= 0.6 is 0 Å². The summed E-state index contributed by atoms with van der Waals surface area (Å²) in [5, 5.41) is 0. The van der Waals surface area contributed by atoms with E-state index in [0.29, 0.717) is 12.4 Å². The second-order valence-electron chi connectivity index (χ2n) is 3.29. The van der Waals surface area contributed by atoms with E-state index < -0.39 is 0 Å². The molecule has 1 rings (SSSR count). The number of aryl methyl sites for hydroxylation is 1. The van der Waals surface area contributed by atoms with Gasteiger partial charge in [-0.25, -0.2) is 4.39 Å². The van der Waals surface area contributed by atoms with Gasteiger partial charge in [0.25, 0.3) is 0 Å². The Labute approximate surface area is 83.6 Å². The third-order valence-electron chi connectivity index (χ3n) is 1.88. The second kappa shape index (κ2) is 4.96. The fourth-order valence-corrected chi connectivity index (χ4v) is 1.19. The van der Waals surface area contributed by atoms with Crippen molar-refractivity contribution in [1.29, 1.82) is 0 Å². The van der Waals surface area contributed by atoms with Gasteiger partial charge in [0.15, 0.2) is 0 Å². The van der Waals surface area contributed by atoms with Crippen molar-refractivity contribution in [2.75, 3.05) is 13.7 Å². The molecule has 0 aliphatic rings. The van der Waals surface area contributed by atoms with Crippen LogP contribution in [0.3, 0.4) is 0 Å². The molecule has 1 unspecified atom stereocenters. The number of rotatable bonds is 4. The topological polar surface area (TPSA) is 18.5 Å². The minimum atomic E-state index is -0.282. The highest BCUT2D eigenvalue weighted by atomic mass is 19.1. The van der Waals surface area contributed by atoms with E-state index in [1.165, 1.54) is 12.1 Å². The molecular formula is C11H15FO2. The molecule has 3 heteroatoms. The maximum atomic E-state index is 12.9. The molecule has 0 amide bonds. The van der Waals surface area contributed by atoms with E-state index >= 15 is 0 Å². The summed E-state index contributed by atoms with van der Waals surface area (Å²) in [7, 11) is 1.61. The molecule has 0 aliphatic carbocycles. The molecule has 0 aromatic heterocycles. The van der Waals surface area contributed by atoms with Gasteiger partial charge in [0.1, 0.15) is 17.7 Å². The third kappa shape index (κ3) is 3.00. The molecule has 0 bridgehead atoms. The zero-order chi connectivity index (χ0) is 10.6. The van der Waals surface area contributed by atoms with Crippen molar-refractivity contribution < 1.29 is 13.9 Å². The molecule has 14 heavy (non-hydrogen) atoms. The van der Waals surface area contributed by atoms with Gasteiger partial charge in [-0.3, -0.25) is 0 Å². The molecule has 1 aromatic carbocycles. The van der Waals surface area contributed by atoms with Gasteiger partial charge < -0.3 is 9.47 Å². The highest BCUT2D eigenvalue weighted by Gasteiger charge is 2.06. The molecule has 1 atom stereocenters. The minimum absolute atomic E-state index is 0.0690. The van der Waals surface area contributed by atoms with Crippen LogP contribution in [0.5, 0.6) is 5.75 Å². The van der Waals surface area contributed by atoms with Crippen molar-refractivity contribution in [2.45, 2.75) is 20.0 Å². The van der Waals surface area contributed by atoms with E-state index in [1.54, 1.807) is 13.2 Å². The Morgan fingerprint density at radius 3 is 2.79 bits per heavy atom. The standard InChI is InChI=1S/C11H15FO2/c1-8-4-5-10(12)6-11(8)14-9(2)7-13-3/h4-6,9H,7H2,1-3H3. The number of hydrogen-bond donors (Lipinski definition) is 0. The zero-order valence-electron chi connectivity index (χ0n) is 8.71. The Kier molecular flexibility index (Phi) is 3.89. The molecule has 0 saturated carbocycles. The minimum Gasteiger partial charge on any atom is -0.488 e. The highest BCUT2D eigenvalue weighted by Crippen LogP contribution is 2.19. The van der Waals surface area contributed by atoms with Gasteiger partial charge in [0.05, 0.1) is 6.61 Å². The first-order valence-electron chi connectivity index (χ1n) is 4.55. The van der Waals surface area contributed by atoms with Crippen LogP contribution in [0.15, 0.2) is 18.2 Å². The van der Waals surface area contributed by atoms with E-state index in [-0.39, 0.29) is 11.9 Å². The second-order valence-corrected chi connectivity index (χ2v) is 3.29. The van der Waals surface area contributed by atoms with Crippen molar-refractivity contribution in [3.8, 4) is 5.75 Å². The number of methoxy groups -OCH3 is 1. The van der Waals surface area contributed by atoms with Crippen molar-refractivity contribution in [3.05, 3.63) is 29.6 Å². The van der Waals surface area contributed by atoms with Crippen LogP contribution in [0.1, 0.15) is 12.5 Å². The van der Waals surface area contributed by atoms with Crippen molar-refractivity contribution >= 4 is 0 Å². The summed E-state index contributed by atoms with van der Waals surface area (Å²) in [4.78, 5) is 0. The SMILES string of the molecule is COCC(C)Oc1cc(F)ccc1C. The van der Waals surface area contributed by atoms with Gasteiger partial charge in [-0.1, -0.05) is 6.07 Å². The van der Waals surface area contributed by atoms with E-state index in [0.717, 1.165) is 5.56 Å². The van der Waals surface area contributed by atoms with Crippen molar-refractivity contribution in [2.24, 2.45) is 0 Å². The smallest absolute Gasteiger partial charge is 0.126 e. The molecule has 0 saturated heterocycles. The summed E-state index contributed by atoms with van der Waals surface area (Å²) >= 11 is 0. The van der Waals surface area contributed by atoms with Gasteiger partial charge in [-0.2, -0.15) is 0 Å². The zero-order valence-corrected chi connectivity index (χ0v) is 8.71. The van der Waals surface area contributed by atoms with Gasteiger partial charge in [-0.05, 0) is 25.5 Å². The maximum Gasteiger partial charge on any atom is 0.126 e. The Morgan fingerprint density at radius 1 is 1.43 bits per heavy atom. The molecule has 0 spiro atoms. The Balaban J connectivity index is 2.70. The average Bonchev–Trinajstić information content (AvgIpc) is 2.12. The van der Waals surface area contributed by atoms with Crippen molar-refractivity contribution in [1.82, 2.24) is 0 Å². The lowest BCUT2D eigenvalue weighted by molar-refractivity contribution is 0.0914. The molecule has 0 radical (unpaired) electrons. The number of halogens is 1. The summed E-state index contributed by atoms with van der Waals surface area (Å²) < 4.78 is 23.3. The Hall–Kier alpha value is -1.09. The van der Waals surface area contributed by atoms with Crippen molar-refractivity contribution in [3.63, 3.8) is 0 Å². The molecular weight excluding hydrogens is 183 g/mol. The molecule has 78 valence electrons. The predicted molar refractivity (Wildman–Crippen MR) is 53.1 cm³/mol. The van der Waals surface area contributed by atoms with Crippen LogP contribution in [0.25, 0.3) is 0 Å². The van der Waals surface area contributed by atoms with Crippen LogP contribution in [0, 0.1) is 12.7 Å². The predicted octanol–water partition coefficient (Wildman–Crippen LogP) is 2.55. The van der Waals surface area contributed by atoms with E-state index in [1.807, 2.05) is 13.8 Å². The van der Waals surface area contributed by atoms with Crippen LogP contribution in [-0.4, -0.2) is 19.8 Å². The lowest BCUT2D eigenvalue weighted by Gasteiger charge is -2.15. The van der Waals surface area contributed by atoms with Gasteiger partial charge in [-0.15, -0.1) is 0 Å². The van der Waals surface area contributed by atoms with Gasteiger partial charge in [0.2, 0.25) is 0 Å². The van der Waals surface area contributed by atoms with E-state index in [2.05, 4.69) is 0 Å². The number of ether oxygens (including phenoxy) is 2. The molecule has 2 nitrogen and oxygen atoms in total. The normalized spacial score (nSPS) is 12.6. The van der Waals surface area contributed by atoms with E-state index in [9.17, 15) is 4.39 Å². The fraction of sp³-hybridized carbons (Fsp3) is 0.455. The average molecular weight is 198 g/mol. The lowest BCUT2D eigenvalue weighted by atomic mass is 10.2. The van der Waals surface area contributed by atoms with Crippen LogP contribution < -0.4 is 4.74 Å². The third-order valence-corrected chi connectivity index (χ3v) is 1.88. The Morgan fingerprint density at radius 2 is 2.14 bits per heavy atom. The Bertz CT molecular complexity index is 299. The van der Waals surface area contributed by atoms with Crippen LogP contribution in [0.2, 0.25) is 0 Å². The van der Waals surface area contributed by atoms with Gasteiger partial charge >= 0.3 is 0 Å². The highest BCUT2D eigenvalue weighted by molar-refractivity contribution is 5.32. The summed E-state index contributed by atoms with van der Waals surface area (Å²) in [5.41, 5.74) is 0.925. The quantitative estimate of drug-likeness (QED) is 0.740. The first-order valence-corrected chi connectivity index (χ1v) is 4.55. The first kappa shape index (κ1) is 11.0. The summed E-state index contributed by atoms with van der Waals surface area (Å²) in [6.45, 7) is 4.26. The van der Waals surface area contributed by atoms with Crippen LogP contribution in [-0.2, 0) is 4.74 Å². The number of benzene rings is 1. The first-order chi connectivity index (χ1) is 6.63. The lowest BCUT2D eigenvalue weighted by Crippen LogP contribution is -2.18. The molecule has 0 aliphatic heterocycles.